The van der Waals surface area contributed by atoms with Crippen LogP contribution >= 0.6 is 15.9 Å². The van der Waals surface area contributed by atoms with E-state index in [0.29, 0.717) is 12.2 Å². The fourth-order valence-electron chi connectivity index (χ4n) is 1.63. The van der Waals surface area contributed by atoms with Gasteiger partial charge in [-0.05, 0) is 37.1 Å². The first kappa shape index (κ1) is 12.4. The normalized spacial score (nSPS) is 12.7. The summed E-state index contributed by atoms with van der Waals surface area (Å²) in [6.07, 6.45) is 0.141. The third-order valence-electron chi connectivity index (χ3n) is 2.80. The van der Waals surface area contributed by atoms with E-state index in [2.05, 4.69) is 15.9 Å². The Labute approximate surface area is 109 Å². The van der Waals surface area contributed by atoms with Gasteiger partial charge in [0.1, 0.15) is 17.6 Å². The number of halogens is 1. The quantitative estimate of drug-likeness (QED) is 0.906. The van der Waals surface area contributed by atoms with Gasteiger partial charge in [0.2, 0.25) is 0 Å². The SMILES string of the molecule is CCC(O)c1ccc(-c2ccc(C)c(Br)c2)o1. The molecule has 0 radical (unpaired) electrons. The molecule has 1 aromatic heterocycles. The van der Waals surface area contributed by atoms with E-state index >= 15 is 0 Å². The topological polar surface area (TPSA) is 33.4 Å². The first-order valence-electron chi connectivity index (χ1n) is 5.66. The van der Waals surface area contributed by atoms with Crippen LogP contribution in [0.15, 0.2) is 39.2 Å². The molecule has 17 heavy (non-hydrogen) atoms. The van der Waals surface area contributed by atoms with Crippen molar-refractivity contribution in [2.45, 2.75) is 26.4 Å². The van der Waals surface area contributed by atoms with Gasteiger partial charge in [-0.15, -0.1) is 0 Å². The molecule has 0 saturated heterocycles. The molecule has 0 saturated carbocycles. The molecule has 90 valence electrons. The molecule has 1 aromatic carbocycles. The minimum atomic E-state index is -0.516. The number of aryl methyl sites for hydroxylation is 1. The number of hydrogen-bond acceptors (Lipinski definition) is 2. The van der Waals surface area contributed by atoms with Gasteiger partial charge in [0, 0.05) is 10.0 Å². The Hall–Kier alpha value is -1.06. The number of rotatable bonds is 3. The zero-order chi connectivity index (χ0) is 12.4. The molecule has 0 amide bonds. The second-order valence-electron chi connectivity index (χ2n) is 4.09. The molecule has 0 aliphatic carbocycles. The van der Waals surface area contributed by atoms with Crippen LogP contribution in [0, 0.1) is 6.92 Å². The summed E-state index contributed by atoms with van der Waals surface area (Å²) >= 11 is 3.50. The van der Waals surface area contributed by atoms with Gasteiger partial charge in [0.15, 0.2) is 0 Å². The smallest absolute Gasteiger partial charge is 0.134 e. The van der Waals surface area contributed by atoms with Crippen LogP contribution in [-0.4, -0.2) is 5.11 Å². The average Bonchev–Trinajstić information content (AvgIpc) is 2.81. The minimum Gasteiger partial charge on any atom is -0.458 e. The summed E-state index contributed by atoms with van der Waals surface area (Å²) in [6, 6.07) is 9.80. The van der Waals surface area contributed by atoms with Crippen molar-refractivity contribution < 1.29 is 9.52 Å². The van der Waals surface area contributed by atoms with Crippen LogP contribution < -0.4 is 0 Å². The Morgan fingerprint density at radius 1 is 1.29 bits per heavy atom. The van der Waals surface area contributed by atoms with E-state index in [4.69, 9.17) is 4.42 Å². The highest BCUT2D eigenvalue weighted by atomic mass is 79.9. The molecule has 2 rings (SSSR count). The van der Waals surface area contributed by atoms with Crippen LogP contribution in [0.4, 0.5) is 0 Å². The molecule has 1 heterocycles. The zero-order valence-corrected chi connectivity index (χ0v) is 11.5. The lowest BCUT2D eigenvalue weighted by atomic mass is 10.1. The van der Waals surface area contributed by atoms with Crippen LogP contribution in [-0.2, 0) is 0 Å². The Morgan fingerprint density at radius 3 is 2.71 bits per heavy atom. The fraction of sp³-hybridized carbons (Fsp3) is 0.286. The van der Waals surface area contributed by atoms with Gasteiger partial charge in [-0.25, -0.2) is 0 Å². The zero-order valence-electron chi connectivity index (χ0n) is 9.90. The molecule has 0 aliphatic rings. The van der Waals surface area contributed by atoms with Crippen LogP contribution in [0.1, 0.15) is 30.8 Å². The van der Waals surface area contributed by atoms with E-state index in [1.165, 1.54) is 5.56 Å². The van der Waals surface area contributed by atoms with E-state index in [9.17, 15) is 5.11 Å². The van der Waals surface area contributed by atoms with Crippen LogP contribution in [0.2, 0.25) is 0 Å². The van der Waals surface area contributed by atoms with Crippen molar-refractivity contribution in [3.8, 4) is 11.3 Å². The van der Waals surface area contributed by atoms with Gasteiger partial charge in [0.25, 0.3) is 0 Å². The van der Waals surface area contributed by atoms with E-state index < -0.39 is 6.10 Å². The Balaban J connectivity index is 2.33. The van der Waals surface area contributed by atoms with Crippen LogP contribution in [0.25, 0.3) is 11.3 Å². The molecule has 0 aliphatic heterocycles. The summed E-state index contributed by atoms with van der Waals surface area (Å²) in [6.45, 7) is 3.97. The Morgan fingerprint density at radius 2 is 2.06 bits per heavy atom. The number of benzene rings is 1. The highest BCUT2D eigenvalue weighted by Crippen LogP contribution is 2.29. The largest absolute Gasteiger partial charge is 0.458 e. The molecule has 0 fully saturated rings. The van der Waals surface area contributed by atoms with Crippen molar-refractivity contribution in [2.24, 2.45) is 0 Å². The predicted molar refractivity (Wildman–Crippen MR) is 71.8 cm³/mol. The maximum absolute atomic E-state index is 9.69. The van der Waals surface area contributed by atoms with Crippen molar-refractivity contribution in [3.63, 3.8) is 0 Å². The second-order valence-corrected chi connectivity index (χ2v) is 4.94. The number of aliphatic hydroxyl groups is 1. The molecule has 1 N–H and O–H groups in total. The van der Waals surface area contributed by atoms with E-state index in [1.807, 2.05) is 44.2 Å². The first-order chi connectivity index (χ1) is 8.11. The van der Waals surface area contributed by atoms with Gasteiger partial charge in [0.05, 0.1) is 0 Å². The molecule has 1 unspecified atom stereocenters. The number of hydrogen-bond donors (Lipinski definition) is 1. The first-order valence-corrected chi connectivity index (χ1v) is 6.45. The van der Waals surface area contributed by atoms with E-state index in [0.717, 1.165) is 15.8 Å². The molecule has 0 bridgehead atoms. The lowest BCUT2D eigenvalue weighted by Crippen LogP contribution is -1.91. The lowest BCUT2D eigenvalue weighted by Gasteiger charge is -2.04. The summed E-state index contributed by atoms with van der Waals surface area (Å²) < 4.78 is 6.71. The summed E-state index contributed by atoms with van der Waals surface area (Å²) in [7, 11) is 0. The highest BCUT2D eigenvalue weighted by Gasteiger charge is 2.11. The number of furan rings is 1. The van der Waals surface area contributed by atoms with Gasteiger partial charge in [-0.3, -0.25) is 0 Å². The summed E-state index contributed by atoms with van der Waals surface area (Å²) in [5.41, 5.74) is 2.20. The monoisotopic (exact) mass is 294 g/mol. The summed E-state index contributed by atoms with van der Waals surface area (Å²) in [5.74, 6) is 1.41. The summed E-state index contributed by atoms with van der Waals surface area (Å²) in [4.78, 5) is 0. The van der Waals surface area contributed by atoms with Crippen molar-refractivity contribution >= 4 is 15.9 Å². The summed E-state index contributed by atoms with van der Waals surface area (Å²) in [5, 5.41) is 9.69. The second kappa shape index (κ2) is 5.07. The molecule has 0 spiro atoms. The molecule has 2 aromatic rings. The van der Waals surface area contributed by atoms with Gasteiger partial charge in [-0.1, -0.05) is 35.0 Å². The van der Waals surface area contributed by atoms with Crippen molar-refractivity contribution in [1.82, 2.24) is 0 Å². The number of aliphatic hydroxyl groups excluding tert-OH is 1. The molecule has 2 nitrogen and oxygen atoms in total. The Kier molecular flexibility index (Phi) is 3.69. The molecule has 3 heteroatoms. The van der Waals surface area contributed by atoms with E-state index in [1.54, 1.807) is 0 Å². The van der Waals surface area contributed by atoms with Crippen molar-refractivity contribution in [2.75, 3.05) is 0 Å². The predicted octanol–water partition coefficient (Wildman–Crippen LogP) is 4.46. The van der Waals surface area contributed by atoms with Crippen molar-refractivity contribution in [3.05, 3.63) is 46.1 Å². The van der Waals surface area contributed by atoms with Crippen molar-refractivity contribution in [1.29, 1.82) is 0 Å². The van der Waals surface area contributed by atoms with Gasteiger partial charge < -0.3 is 9.52 Å². The van der Waals surface area contributed by atoms with Gasteiger partial charge in [-0.2, -0.15) is 0 Å². The lowest BCUT2D eigenvalue weighted by molar-refractivity contribution is 0.147. The third kappa shape index (κ3) is 2.61. The van der Waals surface area contributed by atoms with E-state index in [-0.39, 0.29) is 0 Å². The molecule has 1 atom stereocenters. The maximum Gasteiger partial charge on any atom is 0.134 e. The van der Waals surface area contributed by atoms with Crippen LogP contribution in [0.5, 0.6) is 0 Å². The Bertz CT molecular complexity index is 517. The molecular weight excluding hydrogens is 280 g/mol. The van der Waals surface area contributed by atoms with Crippen LogP contribution in [0.3, 0.4) is 0 Å². The van der Waals surface area contributed by atoms with Gasteiger partial charge >= 0.3 is 0 Å². The highest BCUT2D eigenvalue weighted by molar-refractivity contribution is 9.10. The fourth-order valence-corrected chi connectivity index (χ4v) is 2.01. The standard InChI is InChI=1S/C14H15BrO2/c1-3-12(16)14-7-6-13(17-14)10-5-4-9(2)11(15)8-10/h4-8,12,16H,3H2,1-2H3. The molecular formula is C14H15BrO2. The maximum atomic E-state index is 9.69. The minimum absolute atomic E-state index is 0.516. The average molecular weight is 295 g/mol. The third-order valence-corrected chi connectivity index (χ3v) is 3.65.